The molecule has 1 saturated heterocycles. The zero-order valence-electron chi connectivity index (χ0n) is 9.93. The van der Waals surface area contributed by atoms with Crippen molar-refractivity contribution in [3.05, 3.63) is 30.3 Å². The van der Waals surface area contributed by atoms with Crippen LogP contribution in [0.2, 0.25) is 0 Å². The molecule has 0 aliphatic carbocycles. The van der Waals surface area contributed by atoms with Crippen molar-refractivity contribution < 1.29 is 9.47 Å². The van der Waals surface area contributed by atoms with Crippen LogP contribution in [0.1, 0.15) is 12.8 Å². The Morgan fingerprint density at radius 2 is 2.00 bits per heavy atom. The first kappa shape index (κ1) is 11.4. The van der Waals surface area contributed by atoms with E-state index in [0.29, 0.717) is 6.04 Å². The van der Waals surface area contributed by atoms with Gasteiger partial charge < -0.3 is 14.4 Å². The summed E-state index contributed by atoms with van der Waals surface area (Å²) in [7, 11) is 4.14. The van der Waals surface area contributed by atoms with E-state index < -0.39 is 0 Å². The topological polar surface area (TPSA) is 21.7 Å². The number of likely N-dealkylation sites (N-methyl/N-ethyl adjacent to an activating group) is 1. The summed E-state index contributed by atoms with van der Waals surface area (Å²) in [5, 5.41) is 0. The lowest BCUT2D eigenvalue weighted by molar-refractivity contribution is -0.145. The van der Waals surface area contributed by atoms with E-state index in [9.17, 15) is 0 Å². The van der Waals surface area contributed by atoms with Crippen molar-refractivity contribution >= 4 is 0 Å². The lowest BCUT2D eigenvalue weighted by atomic mass is 10.1. The van der Waals surface area contributed by atoms with E-state index in [1.54, 1.807) is 0 Å². The van der Waals surface area contributed by atoms with Gasteiger partial charge in [0, 0.05) is 0 Å². The molecule has 2 rings (SSSR count). The van der Waals surface area contributed by atoms with Gasteiger partial charge in [-0.2, -0.15) is 0 Å². The fourth-order valence-electron chi connectivity index (χ4n) is 1.99. The van der Waals surface area contributed by atoms with Gasteiger partial charge in [0.05, 0.1) is 12.6 Å². The van der Waals surface area contributed by atoms with E-state index in [1.165, 1.54) is 0 Å². The van der Waals surface area contributed by atoms with Crippen molar-refractivity contribution in [2.75, 3.05) is 20.7 Å². The van der Waals surface area contributed by atoms with Gasteiger partial charge in [-0.05, 0) is 39.1 Å². The van der Waals surface area contributed by atoms with Crippen LogP contribution in [-0.4, -0.2) is 37.9 Å². The van der Waals surface area contributed by atoms with E-state index in [1.807, 2.05) is 30.3 Å². The van der Waals surface area contributed by atoms with Gasteiger partial charge in [0.15, 0.2) is 0 Å². The third kappa shape index (κ3) is 2.74. The van der Waals surface area contributed by atoms with Gasteiger partial charge in [-0.25, -0.2) is 0 Å². The Labute approximate surface area is 97.0 Å². The second kappa shape index (κ2) is 5.32. The molecule has 1 aromatic rings. The van der Waals surface area contributed by atoms with E-state index in [4.69, 9.17) is 9.47 Å². The Balaban J connectivity index is 2.01. The van der Waals surface area contributed by atoms with Crippen LogP contribution < -0.4 is 4.74 Å². The van der Waals surface area contributed by atoms with Crippen LogP contribution in [0.4, 0.5) is 0 Å². The van der Waals surface area contributed by atoms with Crippen molar-refractivity contribution in [1.29, 1.82) is 0 Å². The molecule has 0 saturated carbocycles. The predicted molar refractivity (Wildman–Crippen MR) is 63.5 cm³/mol. The van der Waals surface area contributed by atoms with E-state index in [2.05, 4.69) is 19.0 Å². The van der Waals surface area contributed by atoms with Crippen molar-refractivity contribution in [2.24, 2.45) is 0 Å². The summed E-state index contributed by atoms with van der Waals surface area (Å²) in [4.78, 5) is 2.17. The predicted octanol–water partition coefficient (Wildman–Crippen LogP) is 2.13. The van der Waals surface area contributed by atoms with E-state index >= 15 is 0 Å². The minimum atomic E-state index is -0.147. The van der Waals surface area contributed by atoms with E-state index in [-0.39, 0.29) is 6.29 Å². The van der Waals surface area contributed by atoms with Crippen LogP contribution in [0.5, 0.6) is 5.75 Å². The minimum absolute atomic E-state index is 0.147. The number of hydrogen-bond acceptors (Lipinski definition) is 3. The maximum atomic E-state index is 5.87. The molecule has 1 aliphatic rings. The molecule has 0 N–H and O–H groups in total. The molecule has 0 amide bonds. The molecule has 1 heterocycles. The molecule has 1 fully saturated rings. The second-order valence-corrected chi connectivity index (χ2v) is 4.34. The molecule has 3 heteroatoms. The standard InChI is InChI=1S/C13H19NO2/c1-14(2)12-9-6-10-15-13(12)16-11-7-4-3-5-8-11/h3-5,7-8,12-13H,6,9-10H2,1-2H3. The SMILES string of the molecule is CN(C)C1CCCOC1Oc1ccccc1. The van der Waals surface area contributed by atoms with E-state index in [0.717, 1.165) is 25.2 Å². The molecule has 2 unspecified atom stereocenters. The summed E-state index contributed by atoms with van der Waals surface area (Å²) in [5.41, 5.74) is 0. The van der Waals surface area contributed by atoms with Crippen LogP contribution in [0.25, 0.3) is 0 Å². The molecule has 0 aromatic heterocycles. The summed E-state index contributed by atoms with van der Waals surface area (Å²) in [5.74, 6) is 0.876. The number of nitrogens with zero attached hydrogens (tertiary/aromatic N) is 1. The minimum Gasteiger partial charge on any atom is -0.463 e. The molecular formula is C13H19NO2. The van der Waals surface area contributed by atoms with Crippen molar-refractivity contribution in [3.8, 4) is 5.75 Å². The highest BCUT2D eigenvalue weighted by molar-refractivity contribution is 5.21. The molecule has 1 aromatic carbocycles. The normalized spacial score (nSPS) is 25.7. The Morgan fingerprint density at radius 1 is 1.25 bits per heavy atom. The quantitative estimate of drug-likeness (QED) is 0.780. The fourth-order valence-corrected chi connectivity index (χ4v) is 1.99. The van der Waals surface area contributed by atoms with Gasteiger partial charge in [-0.3, -0.25) is 0 Å². The van der Waals surface area contributed by atoms with Gasteiger partial charge in [-0.15, -0.1) is 0 Å². The summed E-state index contributed by atoms with van der Waals surface area (Å²) in [6.45, 7) is 0.793. The lowest BCUT2D eigenvalue weighted by Crippen LogP contribution is -2.46. The third-order valence-corrected chi connectivity index (χ3v) is 2.90. The molecular weight excluding hydrogens is 202 g/mol. The zero-order chi connectivity index (χ0) is 11.4. The van der Waals surface area contributed by atoms with Crippen molar-refractivity contribution in [1.82, 2.24) is 4.90 Å². The largest absolute Gasteiger partial charge is 0.463 e. The summed E-state index contributed by atoms with van der Waals surface area (Å²) < 4.78 is 11.6. The number of benzene rings is 1. The van der Waals surface area contributed by atoms with Gasteiger partial charge >= 0.3 is 0 Å². The highest BCUT2D eigenvalue weighted by Gasteiger charge is 2.29. The van der Waals surface area contributed by atoms with Gasteiger partial charge in [-0.1, -0.05) is 18.2 Å². The first-order valence-electron chi connectivity index (χ1n) is 5.77. The summed E-state index contributed by atoms with van der Waals surface area (Å²) >= 11 is 0. The molecule has 0 radical (unpaired) electrons. The maximum absolute atomic E-state index is 5.87. The first-order chi connectivity index (χ1) is 7.77. The number of hydrogen-bond donors (Lipinski definition) is 0. The van der Waals surface area contributed by atoms with Crippen LogP contribution in [-0.2, 0) is 4.74 Å². The number of ether oxygens (including phenoxy) is 2. The summed E-state index contributed by atoms with van der Waals surface area (Å²) in [6.07, 6.45) is 2.09. The van der Waals surface area contributed by atoms with Crippen molar-refractivity contribution in [2.45, 2.75) is 25.2 Å². The zero-order valence-corrected chi connectivity index (χ0v) is 9.93. The van der Waals surface area contributed by atoms with Gasteiger partial charge in [0.1, 0.15) is 5.75 Å². The molecule has 0 bridgehead atoms. The average molecular weight is 221 g/mol. The molecule has 88 valence electrons. The highest BCUT2D eigenvalue weighted by atomic mass is 16.7. The Bertz CT molecular complexity index is 313. The van der Waals surface area contributed by atoms with Crippen LogP contribution in [0, 0.1) is 0 Å². The average Bonchev–Trinajstić information content (AvgIpc) is 2.31. The summed E-state index contributed by atoms with van der Waals surface area (Å²) in [6, 6.07) is 10.2. The Hall–Kier alpha value is -1.06. The maximum Gasteiger partial charge on any atom is 0.215 e. The fraction of sp³-hybridized carbons (Fsp3) is 0.538. The van der Waals surface area contributed by atoms with Crippen LogP contribution >= 0.6 is 0 Å². The Kier molecular flexibility index (Phi) is 3.80. The molecule has 0 spiro atoms. The van der Waals surface area contributed by atoms with Gasteiger partial charge in [0.25, 0.3) is 0 Å². The van der Waals surface area contributed by atoms with Crippen molar-refractivity contribution in [3.63, 3.8) is 0 Å². The molecule has 16 heavy (non-hydrogen) atoms. The molecule has 1 aliphatic heterocycles. The van der Waals surface area contributed by atoms with Crippen LogP contribution in [0.15, 0.2) is 30.3 Å². The second-order valence-electron chi connectivity index (χ2n) is 4.34. The smallest absolute Gasteiger partial charge is 0.215 e. The monoisotopic (exact) mass is 221 g/mol. The third-order valence-electron chi connectivity index (χ3n) is 2.90. The molecule has 3 nitrogen and oxygen atoms in total. The highest BCUT2D eigenvalue weighted by Crippen LogP contribution is 2.21. The first-order valence-corrected chi connectivity index (χ1v) is 5.77. The number of rotatable bonds is 3. The number of para-hydroxylation sites is 1. The van der Waals surface area contributed by atoms with Crippen LogP contribution in [0.3, 0.4) is 0 Å². The lowest BCUT2D eigenvalue weighted by Gasteiger charge is -2.35. The van der Waals surface area contributed by atoms with Gasteiger partial charge in [0.2, 0.25) is 6.29 Å². The molecule has 2 atom stereocenters. The Morgan fingerprint density at radius 3 is 2.69 bits per heavy atom.